The van der Waals surface area contributed by atoms with Gasteiger partial charge in [-0.05, 0) is 18.1 Å². The highest BCUT2D eigenvalue weighted by atomic mass is 33.1. The molecule has 0 bridgehead atoms. The molecule has 0 radical (unpaired) electrons. The first-order chi connectivity index (χ1) is 9.23. The van der Waals surface area contributed by atoms with Crippen LogP contribution >= 0.6 is 29.4 Å². The lowest BCUT2D eigenvalue weighted by atomic mass is 10.2. The molecule has 0 aliphatic heterocycles. The average Bonchev–Trinajstić information content (AvgIpc) is 2.36. The second kappa shape index (κ2) is 7.87. The van der Waals surface area contributed by atoms with Gasteiger partial charge >= 0.3 is 7.82 Å². The fourth-order valence-electron chi connectivity index (χ4n) is 1.29. The van der Waals surface area contributed by atoms with Gasteiger partial charge in [0.15, 0.2) is 0 Å². The van der Waals surface area contributed by atoms with Crippen LogP contribution in [0, 0.1) is 0 Å². The third-order valence-corrected chi connectivity index (χ3v) is 6.63. The Morgan fingerprint density at radius 3 is 2.55 bits per heavy atom. The normalized spacial score (nSPS) is 15.1. The van der Waals surface area contributed by atoms with E-state index in [2.05, 4.69) is 25.3 Å². The van der Waals surface area contributed by atoms with Gasteiger partial charge in [0.05, 0.1) is 6.61 Å². The zero-order valence-corrected chi connectivity index (χ0v) is 14.7. The molecule has 0 saturated heterocycles. The van der Waals surface area contributed by atoms with Crippen molar-refractivity contribution in [2.24, 2.45) is 0 Å². The van der Waals surface area contributed by atoms with E-state index in [4.69, 9.17) is 4.52 Å². The van der Waals surface area contributed by atoms with E-state index >= 15 is 0 Å². The van der Waals surface area contributed by atoms with Crippen molar-refractivity contribution in [2.75, 3.05) is 13.7 Å². The van der Waals surface area contributed by atoms with Gasteiger partial charge in [0.1, 0.15) is 0 Å². The smallest absolute Gasteiger partial charge is 0.303 e. The molecule has 0 aliphatic carbocycles. The van der Waals surface area contributed by atoms with Crippen molar-refractivity contribution in [1.82, 2.24) is 0 Å². The summed E-state index contributed by atoms with van der Waals surface area (Å²) >= 11 is 0. The average molecular weight is 336 g/mol. The molecule has 20 heavy (non-hydrogen) atoms. The molecule has 0 aliphatic rings. The van der Waals surface area contributed by atoms with Crippen molar-refractivity contribution < 1.29 is 18.5 Å². The first kappa shape index (κ1) is 18.1. The Labute approximate surface area is 128 Å². The predicted molar refractivity (Wildman–Crippen MR) is 86.1 cm³/mol. The van der Waals surface area contributed by atoms with Gasteiger partial charge in [-0.2, -0.15) is 0 Å². The largest absolute Gasteiger partial charge is 0.471 e. The molecular formula is C13H21O4PS2. The summed E-state index contributed by atoms with van der Waals surface area (Å²) in [6.45, 7) is 6.64. The van der Waals surface area contributed by atoms with Crippen molar-refractivity contribution in [1.29, 1.82) is 0 Å². The maximum Gasteiger partial charge on any atom is 0.471 e. The number of phosphoric ester groups is 1. The summed E-state index contributed by atoms with van der Waals surface area (Å²) < 4.78 is 20.6. The van der Waals surface area contributed by atoms with Crippen molar-refractivity contribution >= 4 is 29.4 Å². The molecule has 0 saturated carbocycles. The van der Waals surface area contributed by atoms with Crippen LogP contribution in [-0.4, -0.2) is 23.4 Å². The molecule has 1 rings (SSSR count). The standard InChI is InChI=1S/C13H21O4PS2/c1-13(2,3)20-19-12-8-6-5-7-11(12)9-10-17-18(14,15)16-4/h5-8H,9-10H2,1-4H3,(H,14,15). The van der Waals surface area contributed by atoms with E-state index in [1.54, 1.807) is 21.6 Å². The molecular weight excluding hydrogens is 315 g/mol. The van der Waals surface area contributed by atoms with E-state index in [0.29, 0.717) is 6.42 Å². The van der Waals surface area contributed by atoms with E-state index in [0.717, 1.165) is 17.6 Å². The summed E-state index contributed by atoms with van der Waals surface area (Å²) in [5, 5.41) is 0. The Bertz CT molecular complexity index is 474. The Kier molecular flexibility index (Phi) is 7.12. The molecule has 0 aromatic heterocycles. The van der Waals surface area contributed by atoms with Gasteiger partial charge in [0.25, 0.3) is 0 Å². The molecule has 1 aromatic rings. The summed E-state index contributed by atoms with van der Waals surface area (Å²) in [5.74, 6) is 0. The van der Waals surface area contributed by atoms with Gasteiger partial charge in [0, 0.05) is 16.8 Å². The molecule has 4 nitrogen and oxygen atoms in total. The van der Waals surface area contributed by atoms with Crippen LogP contribution in [0.25, 0.3) is 0 Å². The minimum absolute atomic E-state index is 0.152. The molecule has 0 fully saturated rings. The lowest BCUT2D eigenvalue weighted by molar-refractivity contribution is 0.175. The summed E-state index contributed by atoms with van der Waals surface area (Å²) in [7, 11) is 0.785. The number of hydrogen-bond donors (Lipinski definition) is 1. The molecule has 1 N–H and O–H groups in total. The molecule has 1 unspecified atom stereocenters. The van der Waals surface area contributed by atoms with E-state index in [-0.39, 0.29) is 11.4 Å². The minimum Gasteiger partial charge on any atom is -0.303 e. The lowest BCUT2D eigenvalue weighted by Crippen LogP contribution is -2.04. The van der Waals surface area contributed by atoms with E-state index in [1.807, 2.05) is 24.3 Å². The van der Waals surface area contributed by atoms with Crippen LogP contribution in [-0.2, 0) is 20.0 Å². The van der Waals surface area contributed by atoms with Crippen molar-refractivity contribution in [3.05, 3.63) is 29.8 Å². The van der Waals surface area contributed by atoms with Crippen LogP contribution in [0.2, 0.25) is 0 Å². The first-order valence-electron chi connectivity index (χ1n) is 6.20. The topological polar surface area (TPSA) is 55.8 Å². The maximum atomic E-state index is 11.2. The SMILES string of the molecule is COP(=O)(O)OCCc1ccccc1SSC(C)(C)C. The Morgan fingerprint density at radius 2 is 1.95 bits per heavy atom. The van der Waals surface area contributed by atoms with Crippen molar-refractivity contribution in [2.45, 2.75) is 36.8 Å². The van der Waals surface area contributed by atoms with E-state index in [1.165, 1.54) is 0 Å². The third kappa shape index (κ3) is 7.16. The zero-order valence-electron chi connectivity index (χ0n) is 12.2. The summed E-state index contributed by atoms with van der Waals surface area (Å²) in [6.07, 6.45) is 0.571. The van der Waals surface area contributed by atoms with Gasteiger partial charge in [-0.25, -0.2) is 4.57 Å². The van der Waals surface area contributed by atoms with Crippen LogP contribution in [0.1, 0.15) is 26.3 Å². The summed E-state index contributed by atoms with van der Waals surface area (Å²) in [4.78, 5) is 10.3. The van der Waals surface area contributed by atoms with Crippen LogP contribution < -0.4 is 0 Å². The molecule has 7 heteroatoms. The van der Waals surface area contributed by atoms with Gasteiger partial charge in [0.2, 0.25) is 0 Å². The second-order valence-corrected chi connectivity index (χ2v) is 9.68. The number of rotatable bonds is 7. The predicted octanol–water partition coefficient (Wildman–Crippen LogP) is 4.53. The maximum absolute atomic E-state index is 11.2. The fraction of sp³-hybridized carbons (Fsp3) is 0.538. The molecule has 114 valence electrons. The van der Waals surface area contributed by atoms with Gasteiger partial charge in [-0.3, -0.25) is 9.05 Å². The quantitative estimate of drug-likeness (QED) is 0.583. The van der Waals surface area contributed by atoms with Crippen LogP contribution in [0.4, 0.5) is 0 Å². The fourth-order valence-corrected chi connectivity index (χ4v) is 3.97. The molecule has 1 atom stereocenters. The number of hydrogen-bond acceptors (Lipinski definition) is 5. The monoisotopic (exact) mass is 336 g/mol. The van der Waals surface area contributed by atoms with Crippen molar-refractivity contribution in [3.63, 3.8) is 0 Å². The second-order valence-electron chi connectivity index (χ2n) is 5.12. The van der Waals surface area contributed by atoms with Gasteiger partial charge in [-0.1, -0.05) is 60.6 Å². The molecule has 0 heterocycles. The number of phosphoric acid groups is 1. The number of benzene rings is 1. The summed E-state index contributed by atoms with van der Waals surface area (Å²) in [5.41, 5.74) is 1.10. The first-order valence-corrected chi connectivity index (χ1v) is 9.85. The Balaban J connectivity index is 2.60. The molecule has 0 amide bonds. The zero-order chi connectivity index (χ0) is 15.2. The highest BCUT2D eigenvalue weighted by Gasteiger charge is 2.18. The molecule has 1 aromatic carbocycles. The van der Waals surface area contributed by atoms with Crippen molar-refractivity contribution in [3.8, 4) is 0 Å². The Morgan fingerprint density at radius 1 is 1.30 bits per heavy atom. The Hall–Kier alpha value is 0.0300. The van der Waals surface area contributed by atoms with E-state index in [9.17, 15) is 9.46 Å². The third-order valence-electron chi connectivity index (χ3n) is 2.21. The highest BCUT2D eigenvalue weighted by Crippen LogP contribution is 2.43. The van der Waals surface area contributed by atoms with Crippen LogP contribution in [0.5, 0.6) is 0 Å². The molecule has 0 spiro atoms. The summed E-state index contributed by atoms with van der Waals surface area (Å²) in [6, 6.07) is 8.00. The minimum atomic E-state index is -3.88. The van der Waals surface area contributed by atoms with Gasteiger partial charge < -0.3 is 4.89 Å². The van der Waals surface area contributed by atoms with Crippen LogP contribution in [0.3, 0.4) is 0 Å². The highest BCUT2D eigenvalue weighted by molar-refractivity contribution is 8.77. The lowest BCUT2D eigenvalue weighted by Gasteiger charge is -2.17. The van der Waals surface area contributed by atoms with Crippen LogP contribution in [0.15, 0.2) is 29.2 Å². The van der Waals surface area contributed by atoms with Gasteiger partial charge in [-0.15, -0.1) is 0 Å². The van der Waals surface area contributed by atoms with E-state index < -0.39 is 7.82 Å².